The third-order valence-corrected chi connectivity index (χ3v) is 2.94. The van der Waals surface area contributed by atoms with Gasteiger partial charge >= 0.3 is 0 Å². The van der Waals surface area contributed by atoms with Gasteiger partial charge in [-0.2, -0.15) is 0 Å². The van der Waals surface area contributed by atoms with Crippen molar-refractivity contribution in [1.82, 2.24) is 5.32 Å². The zero-order valence-electron chi connectivity index (χ0n) is 12.6. The van der Waals surface area contributed by atoms with Gasteiger partial charge in [0.05, 0.1) is 19.3 Å². The van der Waals surface area contributed by atoms with Crippen LogP contribution in [-0.2, 0) is 16.0 Å². The number of hydrogen-bond acceptors (Lipinski definition) is 3. The molecule has 108 valence electrons. The number of rotatable bonds is 9. The van der Waals surface area contributed by atoms with E-state index >= 15 is 0 Å². The largest absolute Gasteiger partial charge is 0.382 e. The average molecular weight is 265 g/mol. The minimum atomic E-state index is 0.122. The fraction of sp³-hybridized carbons (Fsp3) is 0.625. The second-order valence-electron chi connectivity index (χ2n) is 5.83. The Hall–Kier alpha value is -0.900. The molecule has 1 N–H and O–H groups in total. The van der Waals surface area contributed by atoms with E-state index in [2.05, 4.69) is 43.4 Å². The summed E-state index contributed by atoms with van der Waals surface area (Å²) in [4.78, 5) is 0. The van der Waals surface area contributed by atoms with Crippen molar-refractivity contribution in [1.29, 1.82) is 0 Å². The van der Waals surface area contributed by atoms with Crippen molar-refractivity contribution in [2.24, 2.45) is 5.41 Å². The van der Waals surface area contributed by atoms with Crippen molar-refractivity contribution in [3.63, 3.8) is 0 Å². The molecule has 0 aliphatic carbocycles. The Balaban J connectivity index is 2.23. The number of ether oxygens (including phenoxy) is 2. The summed E-state index contributed by atoms with van der Waals surface area (Å²) in [5.74, 6) is 0. The molecule has 0 aliphatic rings. The highest BCUT2D eigenvalue weighted by Crippen LogP contribution is 2.15. The Bertz CT molecular complexity index is 338. The van der Waals surface area contributed by atoms with Crippen LogP contribution in [0.2, 0.25) is 0 Å². The van der Waals surface area contributed by atoms with E-state index in [4.69, 9.17) is 9.47 Å². The second kappa shape index (κ2) is 8.31. The van der Waals surface area contributed by atoms with Crippen LogP contribution in [-0.4, -0.2) is 33.0 Å². The molecule has 0 saturated heterocycles. The van der Waals surface area contributed by atoms with Gasteiger partial charge in [-0.05, 0) is 12.5 Å². The lowest BCUT2D eigenvalue weighted by Crippen LogP contribution is -2.34. The fourth-order valence-electron chi connectivity index (χ4n) is 1.84. The van der Waals surface area contributed by atoms with Crippen LogP contribution in [0.1, 0.15) is 26.3 Å². The standard InChI is InChI=1S/C16H27NO2/c1-14(11-18-4)19-13-16(2,3)12-17-10-15-8-6-5-7-9-15/h5-9,14,17H,10-13H2,1-4H3. The molecule has 1 aromatic carbocycles. The van der Waals surface area contributed by atoms with Crippen molar-refractivity contribution in [3.05, 3.63) is 35.9 Å². The molecule has 0 radical (unpaired) electrons. The van der Waals surface area contributed by atoms with Gasteiger partial charge in [0.25, 0.3) is 0 Å². The highest BCUT2D eigenvalue weighted by atomic mass is 16.5. The molecule has 0 aliphatic heterocycles. The van der Waals surface area contributed by atoms with Gasteiger partial charge in [-0.3, -0.25) is 0 Å². The summed E-state index contributed by atoms with van der Waals surface area (Å²) in [7, 11) is 1.70. The Kier molecular flexibility index (Phi) is 7.06. The van der Waals surface area contributed by atoms with Gasteiger partial charge in [-0.15, -0.1) is 0 Å². The van der Waals surface area contributed by atoms with Crippen molar-refractivity contribution < 1.29 is 9.47 Å². The fourth-order valence-corrected chi connectivity index (χ4v) is 1.84. The van der Waals surface area contributed by atoms with Gasteiger partial charge < -0.3 is 14.8 Å². The summed E-state index contributed by atoms with van der Waals surface area (Å²) in [5, 5.41) is 3.49. The highest BCUT2D eigenvalue weighted by Gasteiger charge is 2.19. The Morgan fingerprint density at radius 1 is 1.21 bits per heavy atom. The molecule has 0 saturated carbocycles. The van der Waals surface area contributed by atoms with E-state index in [0.717, 1.165) is 19.7 Å². The summed E-state index contributed by atoms with van der Waals surface area (Å²) < 4.78 is 10.9. The van der Waals surface area contributed by atoms with Crippen LogP contribution in [0.5, 0.6) is 0 Å². The average Bonchev–Trinajstić information content (AvgIpc) is 2.38. The van der Waals surface area contributed by atoms with Crippen molar-refractivity contribution in [2.75, 3.05) is 26.9 Å². The van der Waals surface area contributed by atoms with E-state index in [9.17, 15) is 0 Å². The van der Waals surface area contributed by atoms with Crippen molar-refractivity contribution >= 4 is 0 Å². The quantitative estimate of drug-likeness (QED) is 0.745. The molecular formula is C16H27NO2. The predicted octanol–water partition coefficient (Wildman–Crippen LogP) is 2.85. The van der Waals surface area contributed by atoms with Crippen LogP contribution in [0.25, 0.3) is 0 Å². The molecule has 0 bridgehead atoms. The molecule has 3 heteroatoms. The summed E-state index contributed by atoms with van der Waals surface area (Å²) in [6, 6.07) is 10.4. The van der Waals surface area contributed by atoms with Gasteiger partial charge in [0.1, 0.15) is 0 Å². The molecule has 0 spiro atoms. The van der Waals surface area contributed by atoms with E-state index < -0.39 is 0 Å². The summed E-state index contributed by atoms with van der Waals surface area (Å²) in [6.07, 6.45) is 0.151. The lowest BCUT2D eigenvalue weighted by Gasteiger charge is -2.26. The van der Waals surface area contributed by atoms with Crippen LogP contribution in [0.15, 0.2) is 30.3 Å². The first-order valence-corrected chi connectivity index (χ1v) is 6.89. The predicted molar refractivity (Wildman–Crippen MR) is 79.2 cm³/mol. The van der Waals surface area contributed by atoms with Crippen LogP contribution in [0.3, 0.4) is 0 Å². The molecule has 0 amide bonds. The first-order valence-electron chi connectivity index (χ1n) is 6.89. The second-order valence-corrected chi connectivity index (χ2v) is 5.83. The van der Waals surface area contributed by atoms with Gasteiger partial charge in [-0.25, -0.2) is 0 Å². The lowest BCUT2D eigenvalue weighted by molar-refractivity contribution is -0.0247. The molecular weight excluding hydrogens is 238 g/mol. The van der Waals surface area contributed by atoms with Crippen molar-refractivity contribution in [3.8, 4) is 0 Å². The number of methoxy groups -OCH3 is 1. The number of nitrogens with one attached hydrogen (secondary N) is 1. The molecule has 1 unspecified atom stereocenters. The topological polar surface area (TPSA) is 30.5 Å². The molecule has 0 heterocycles. The van der Waals surface area contributed by atoms with Crippen LogP contribution >= 0.6 is 0 Å². The maximum atomic E-state index is 5.78. The SMILES string of the molecule is COCC(C)OCC(C)(C)CNCc1ccccc1. The summed E-state index contributed by atoms with van der Waals surface area (Å²) in [5.41, 5.74) is 1.43. The zero-order chi connectivity index (χ0) is 14.1. The van der Waals surface area contributed by atoms with Crippen LogP contribution in [0.4, 0.5) is 0 Å². The first-order chi connectivity index (χ1) is 9.03. The van der Waals surface area contributed by atoms with Crippen LogP contribution in [0, 0.1) is 5.41 Å². The monoisotopic (exact) mass is 265 g/mol. The number of hydrogen-bond donors (Lipinski definition) is 1. The Morgan fingerprint density at radius 2 is 1.89 bits per heavy atom. The van der Waals surface area contributed by atoms with Crippen LogP contribution < -0.4 is 5.32 Å². The third kappa shape index (κ3) is 7.31. The molecule has 0 fully saturated rings. The minimum Gasteiger partial charge on any atom is -0.382 e. The van der Waals surface area contributed by atoms with Gasteiger partial charge in [0, 0.05) is 25.6 Å². The maximum Gasteiger partial charge on any atom is 0.0780 e. The van der Waals surface area contributed by atoms with Gasteiger partial charge in [0.2, 0.25) is 0 Å². The molecule has 3 nitrogen and oxygen atoms in total. The van der Waals surface area contributed by atoms with E-state index in [1.807, 2.05) is 13.0 Å². The molecule has 1 rings (SSSR count). The molecule has 0 aromatic heterocycles. The van der Waals surface area contributed by atoms with Gasteiger partial charge in [0.15, 0.2) is 0 Å². The Labute approximate surface area is 117 Å². The third-order valence-electron chi connectivity index (χ3n) is 2.94. The van der Waals surface area contributed by atoms with E-state index in [1.54, 1.807) is 7.11 Å². The van der Waals surface area contributed by atoms with E-state index in [-0.39, 0.29) is 11.5 Å². The first kappa shape index (κ1) is 16.2. The van der Waals surface area contributed by atoms with E-state index in [0.29, 0.717) is 6.61 Å². The Morgan fingerprint density at radius 3 is 2.53 bits per heavy atom. The molecule has 19 heavy (non-hydrogen) atoms. The van der Waals surface area contributed by atoms with E-state index in [1.165, 1.54) is 5.56 Å². The summed E-state index contributed by atoms with van der Waals surface area (Å²) >= 11 is 0. The molecule has 1 aromatic rings. The normalized spacial score (nSPS) is 13.5. The highest BCUT2D eigenvalue weighted by molar-refractivity contribution is 5.14. The lowest BCUT2D eigenvalue weighted by atomic mass is 9.94. The van der Waals surface area contributed by atoms with Gasteiger partial charge in [-0.1, -0.05) is 44.2 Å². The summed E-state index contributed by atoms with van der Waals surface area (Å²) in [6.45, 7) is 9.68. The minimum absolute atomic E-state index is 0.122. The smallest absolute Gasteiger partial charge is 0.0780 e. The van der Waals surface area contributed by atoms with Crippen molar-refractivity contribution in [2.45, 2.75) is 33.4 Å². The molecule has 1 atom stereocenters. The number of benzene rings is 1. The maximum absolute atomic E-state index is 5.78. The zero-order valence-corrected chi connectivity index (χ0v) is 12.6.